The average molecular weight is 505 g/mol. The number of aromatic nitrogens is 3. The molecule has 0 aliphatic carbocycles. The molecule has 186 valence electrons. The van der Waals surface area contributed by atoms with Gasteiger partial charge in [0.25, 0.3) is 0 Å². The molecule has 0 aliphatic rings. The van der Waals surface area contributed by atoms with Crippen LogP contribution in [0.5, 0.6) is 11.5 Å². The van der Waals surface area contributed by atoms with E-state index < -0.39 is 20.6 Å². The number of ether oxygens (including phenoxy) is 2. The third-order valence-corrected chi connectivity index (χ3v) is 10.3. The maximum Gasteiger partial charge on any atom is 0.347 e. The normalized spacial score (nSPS) is 12.3. The second-order valence-electron chi connectivity index (χ2n) is 6.60. The van der Waals surface area contributed by atoms with E-state index in [-0.39, 0.29) is 39.6 Å². The van der Waals surface area contributed by atoms with Gasteiger partial charge in [-0.05, 0) is 39.8 Å². The van der Waals surface area contributed by atoms with Crippen LogP contribution in [0.15, 0.2) is 30.5 Å². The Morgan fingerprint density at radius 3 is 1.88 bits per heavy atom. The van der Waals surface area contributed by atoms with Crippen LogP contribution in [-0.2, 0) is 40.4 Å². The largest absolute Gasteiger partial charge is 0.493 e. The first-order chi connectivity index (χ1) is 15.9. The van der Waals surface area contributed by atoms with Crippen LogP contribution in [0.25, 0.3) is 0 Å². The molecule has 2 aromatic rings. The third-order valence-electron chi connectivity index (χ3n) is 4.35. The lowest BCUT2D eigenvalue weighted by Gasteiger charge is -2.31. The van der Waals surface area contributed by atoms with Gasteiger partial charge >= 0.3 is 15.2 Å². The molecule has 0 unspecified atom stereocenters. The number of benzene rings is 1. The number of rotatable bonds is 16. The van der Waals surface area contributed by atoms with Crippen molar-refractivity contribution in [2.45, 2.75) is 46.2 Å². The Morgan fingerprint density at radius 2 is 1.39 bits per heavy atom. The summed E-state index contributed by atoms with van der Waals surface area (Å²) in [5, 5.41) is 6.93. The van der Waals surface area contributed by atoms with Crippen LogP contribution < -0.4 is 9.47 Å². The molecule has 0 fully saturated rings. The van der Waals surface area contributed by atoms with Crippen LogP contribution in [0.3, 0.4) is 0 Å². The van der Waals surface area contributed by atoms with E-state index in [1.165, 1.54) is 4.68 Å². The van der Waals surface area contributed by atoms with Gasteiger partial charge in [0.05, 0.1) is 46.3 Å². The van der Waals surface area contributed by atoms with Gasteiger partial charge in [0.15, 0.2) is 16.9 Å². The molecule has 1 aromatic carbocycles. The molecule has 0 atom stereocenters. The Labute approximate surface area is 194 Å². The number of methoxy groups -OCH3 is 1. The third kappa shape index (κ3) is 7.37. The molecule has 0 amide bonds. The molecule has 0 spiro atoms. The standard InChI is InChI=1S/C20H33N3O8P2/c1-6-28-32(24,29-7-2)20(33(25,30-8-3)31-9-4)15-23-14-17(21-22-23)16-27-19-13-11-10-12-18(19)26-5/h10-14,20H,6-9,15-16H2,1-5H3. The molecule has 0 N–H and O–H groups in total. The van der Waals surface area contributed by atoms with Gasteiger partial charge in [-0.25, -0.2) is 0 Å². The minimum atomic E-state index is -3.89. The van der Waals surface area contributed by atoms with Crippen molar-refractivity contribution in [1.82, 2.24) is 15.0 Å². The van der Waals surface area contributed by atoms with Crippen molar-refractivity contribution in [2.75, 3.05) is 33.5 Å². The summed E-state index contributed by atoms with van der Waals surface area (Å²) in [6, 6.07) is 7.23. The van der Waals surface area contributed by atoms with E-state index in [2.05, 4.69) is 10.3 Å². The van der Waals surface area contributed by atoms with E-state index in [0.717, 1.165) is 0 Å². The van der Waals surface area contributed by atoms with Gasteiger partial charge in [-0.1, -0.05) is 17.3 Å². The molecule has 0 bridgehead atoms. The predicted octanol–water partition coefficient (Wildman–Crippen LogP) is 4.72. The van der Waals surface area contributed by atoms with Crippen LogP contribution in [-0.4, -0.2) is 53.9 Å². The van der Waals surface area contributed by atoms with Gasteiger partial charge in [-0.3, -0.25) is 13.8 Å². The highest BCUT2D eigenvalue weighted by Gasteiger charge is 2.51. The van der Waals surface area contributed by atoms with E-state index in [4.69, 9.17) is 27.6 Å². The first-order valence-electron chi connectivity index (χ1n) is 10.8. The first kappa shape index (κ1) is 27.5. The van der Waals surface area contributed by atoms with Crippen molar-refractivity contribution in [3.05, 3.63) is 36.2 Å². The minimum Gasteiger partial charge on any atom is -0.493 e. The van der Waals surface area contributed by atoms with Crippen molar-refractivity contribution >= 4 is 15.2 Å². The Kier molecular flexibility index (Phi) is 11.0. The molecule has 2 rings (SSSR count). The summed E-state index contributed by atoms with van der Waals surface area (Å²) in [4.78, 5) is 0. The molecule has 0 aliphatic heterocycles. The highest BCUT2D eigenvalue weighted by atomic mass is 31.2. The van der Waals surface area contributed by atoms with E-state index in [1.54, 1.807) is 53.1 Å². The molecule has 11 nitrogen and oxygen atoms in total. The summed E-state index contributed by atoms with van der Waals surface area (Å²) < 4.78 is 61.6. The van der Waals surface area contributed by atoms with E-state index in [9.17, 15) is 9.13 Å². The molecule has 0 radical (unpaired) electrons. The second-order valence-corrected chi connectivity index (χ2v) is 11.4. The smallest absolute Gasteiger partial charge is 0.347 e. The molecule has 1 heterocycles. The summed E-state index contributed by atoms with van der Waals surface area (Å²) >= 11 is 0. The van der Waals surface area contributed by atoms with Gasteiger partial charge in [0.2, 0.25) is 0 Å². The van der Waals surface area contributed by atoms with Crippen LogP contribution in [0.4, 0.5) is 0 Å². The fraction of sp³-hybridized carbons (Fsp3) is 0.600. The van der Waals surface area contributed by atoms with Crippen LogP contribution >= 0.6 is 15.2 Å². The number of para-hydroxylation sites is 2. The van der Waals surface area contributed by atoms with Crippen molar-refractivity contribution in [2.24, 2.45) is 0 Å². The van der Waals surface area contributed by atoms with Crippen molar-refractivity contribution in [3.8, 4) is 11.5 Å². The summed E-state index contributed by atoms with van der Waals surface area (Å²) in [5.74, 6) is 1.15. The lowest BCUT2D eigenvalue weighted by Crippen LogP contribution is -2.23. The minimum absolute atomic E-state index is 0.0986. The molecule has 0 saturated heterocycles. The maximum atomic E-state index is 13.6. The SMILES string of the molecule is CCOP(=O)(OCC)C(Cn1cc(COc2ccccc2OC)nn1)P(=O)(OCC)OCC. The van der Waals surface area contributed by atoms with E-state index in [0.29, 0.717) is 17.2 Å². The molecule has 1 aromatic heterocycles. The van der Waals surface area contributed by atoms with Gasteiger partial charge in [0, 0.05) is 0 Å². The molecular weight excluding hydrogens is 472 g/mol. The Bertz CT molecular complexity index is 905. The van der Waals surface area contributed by atoms with E-state index in [1.807, 2.05) is 12.1 Å². The van der Waals surface area contributed by atoms with Crippen molar-refractivity contribution in [1.29, 1.82) is 0 Å². The molecule has 33 heavy (non-hydrogen) atoms. The van der Waals surface area contributed by atoms with Crippen LogP contribution in [0.1, 0.15) is 33.4 Å². The summed E-state index contributed by atoms with van der Waals surface area (Å²) in [5.41, 5.74) is 0.505. The van der Waals surface area contributed by atoms with Crippen LogP contribution in [0.2, 0.25) is 0 Å². The predicted molar refractivity (Wildman–Crippen MR) is 123 cm³/mol. The summed E-state index contributed by atoms with van der Waals surface area (Å²) in [7, 11) is -6.22. The number of hydrogen-bond donors (Lipinski definition) is 0. The fourth-order valence-electron chi connectivity index (χ4n) is 3.06. The van der Waals surface area contributed by atoms with Gasteiger partial charge in [0.1, 0.15) is 12.3 Å². The number of hydrogen-bond acceptors (Lipinski definition) is 10. The highest BCUT2D eigenvalue weighted by molar-refractivity contribution is 7.72. The maximum absolute atomic E-state index is 13.6. The lowest BCUT2D eigenvalue weighted by atomic mass is 10.3. The summed E-state index contributed by atoms with van der Waals surface area (Å²) in [6.07, 6.45) is 1.60. The first-order valence-corrected chi connectivity index (χ1v) is 14.0. The topological polar surface area (TPSA) is 120 Å². The molecule has 13 heteroatoms. The average Bonchev–Trinajstić information content (AvgIpc) is 3.24. The van der Waals surface area contributed by atoms with Crippen molar-refractivity contribution in [3.63, 3.8) is 0 Å². The Morgan fingerprint density at radius 1 is 0.879 bits per heavy atom. The van der Waals surface area contributed by atoms with Gasteiger partial charge in [-0.15, -0.1) is 5.10 Å². The zero-order valence-corrected chi connectivity index (χ0v) is 21.5. The van der Waals surface area contributed by atoms with Gasteiger partial charge < -0.3 is 27.6 Å². The Hall–Kier alpha value is -1.74. The highest BCUT2D eigenvalue weighted by Crippen LogP contribution is 2.70. The second kappa shape index (κ2) is 13.2. The summed E-state index contributed by atoms with van der Waals surface area (Å²) in [6.45, 7) is 7.11. The monoisotopic (exact) mass is 505 g/mol. The van der Waals surface area contributed by atoms with E-state index >= 15 is 0 Å². The van der Waals surface area contributed by atoms with Gasteiger partial charge in [-0.2, -0.15) is 0 Å². The molecule has 0 saturated carbocycles. The number of nitrogens with zero attached hydrogens (tertiary/aromatic N) is 3. The molecular formula is C20H33N3O8P2. The quantitative estimate of drug-likeness (QED) is 0.296. The zero-order valence-electron chi connectivity index (χ0n) is 19.7. The Balaban J connectivity index is 2.28. The van der Waals surface area contributed by atoms with Crippen molar-refractivity contribution < 1.29 is 36.7 Å². The fourth-order valence-corrected chi connectivity index (χ4v) is 8.26. The van der Waals surface area contributed by atoms with Crippen LogP contribution in [0, 0.1) is 0 Å². The zero-order chi connectivity index (χ0) is 24.3. The lowest BCUT2D eigenvalue weighted by molar-refractivity contribution is 0.191.